The van der Waals surface area contributed by atoms with Gasteiger partial charge in [-0.25, -0.2) is 4.98 Å². The normalized spacial score (nSPS) is 11.3. The van der Waals surface area contributed by atoms with E-state index in [1.165, 1.54) is 0 Å². The summed E-state index contributed by atoms with van der Waals surface area (Å²) in [6.07, 6.45) is 2.11. The lowest BCUT2D eigenvalue weighted by molar-refractivity contribution is -0.137. The summed E-state index contributed by atoms with van der Waals surface area (Å²) >= 11 is 0. The number of aliphatic carboxylic acids is 1. The van der Waals surface area contributed by atoms with E-state index in [0.717, 1.165) is 40.3 Å². The summed E-state index contributed by atoms with van der Waals surface area (Å²) in [5.74, 6) is 1.22. The largest absolute Gasteiger partial charge is 0.487 e. The van der Waals surface area contributed by atoms with Gasteiger partial charge in [0, 0.05) is 12.0 Å². The molecule has 37 heavy (non-hydrogen) atoms. The van der Waals surface area contributed by atoms with Crippen LogP contribution in [0.25, 0.3) is 11.5 Å². The van der Waals surface area contributed by atoms with Gasteiger partial charge in [0.15, 0.2) is 0 Å². The third kappa shape index (κ3) is 7.80. The number of aryl methyl sites for hydroxylation is 1. The first-order valence-electron chi connectivity index (χ1n) is 12.3. The number of carboxylic acid groups (broad SMARTS) is 1. The van der Waals surface area contributed by atoms with Gasteiger partial charge in [-0.3, -0.25) is 4.79 Å². The van der Waals surface area contributed by atoms with E-state index in [4.69, 9.17) is 19.1 Å². The van der Waals surface area contributed by atoms with Gasteiger partial charge in [0.1, 0.15) is 30.4 Å². The van der Waals surface area contributed by atoms with Crippen molar-refractivity contribution in [2.75, 3.05) is 0 Å². The molecule has 3 aromatic carbocycles. The van der Waals surface area contributed by atoms with E-state index in [1.807, 2.05) is 91.9 Å². The number of aromatic nitrogens is 1. The van der Waals surface area contributed by atoms with E-state index in [-0.39, 0.29) is 13.0 Å². The number of oxime groups is 1. The average molecular weight is 499 g/mol. The molecule has 0 fully saturated rings. The predicted molar refractivity (Wildman–Crippen MR) is 141 cm³/mol. The van der Waals surface area contributed by atoms with E-state index >= 15 is 0 Å². The molecule has 1 aromatic heterocycles. The fourth-order valence-electron chi connectivity index (χ4n) is 3.77. The lowest BCUT2D eigenvalue weighted by atomic mass is 10.0. The first-order chi connectivity index (χ1) is 18.1. The van der Waals surface area contributed by atoms with Crippen LogP contribution in [0.1, 0.15) is 48.3 Å². The van der Waals surface area contributed by atoms with Crippen LogP contribution < -0.4 is 4.74 Å². The minimum atomic E-state index is -0.785. The average Bonchev–Trinajstić information content (AvgIpc) is 3.30. The molecule has 0 radical (unpaired) electrons. The second-order valence-electron chi connectivity index (χ2n) is 8.60. The molecule has 7 heteroatoms. The Hall–Kier alpha value is -4.39. The van der Waals surface area contributed by atoms with Gasteiger partial charge >= 0.3 is 5.97 Å². The standard InChI is InChI=1S/C30H30N2O5/c1-22-28(31-30(37-22)25-14-6-3-7-15-25)21-35-26-16-10-11-23(19-26)20-36-32-27(17-8-9-18-29(33)34)24-12-4-2-5-13-24/h2-7,10-16,19H,8-9,17-18,20-21H2,1H3,(H,33,34)/b32-27-. The molecule has 0 aliphatic rings. The Balaban J connectivity index is 1.35. The van der Waals surface area contributed by atoms with Crippen molar-refractivity contribution in [3.05, 3.63) is 108 Å². The zero-order valence-electron chi connectivity index (χ0n) is 20.8. The lowest BCUT2D eigenvalue weighted by Crippen LogP contribution is -2.04. The van der Waals surface area contributed by atoms with Crippen LogP contribution in [0.3, 0.4) is 0 Å². The molecule has 0 saturated carbocycles. The highest BCUT2D eigenvalue weighted by molar-refractivity contribution is 6.00. The van der Waals surface area contributed by atoms with Gasteiger partial charge in [0.05, 0.1) is 5.71 Å². The fraction of sp³-hybridized carbons (Fsp3) is 0.233. The second kappa shape index (κ2) is 13.1. The third-order valence-electron chi connectivity index (χ3n) is 5.75. The van der Waals surface area contributed by atoms with Crippen LogP contribution in [0.4, 0.5) is 0 Å². The van der Waals surface area contributed by atoms with Crippen molar-refractivity contribution in [3.8, 4) is 17.2 Å². The number of benzene rings is 3. The molecule has 4 rings (SSSR count). The lowest BCUT2D eigenvalue weighted by Gasteiger charge is -2.09. The Morgan fingerprint density at radius 3 is 2.41 bits per heavy atom. The van der Waals surface area contributed by atoms with E-state index in [0.29, 0.717) is 31.1 Å². The Morgan fingerprint density at radius 1 is 0.919 bits per heavy atom. The number of unbranched alkanes of at least 4 members (excludes halogenated alkanes) is 1. The zero-order chi connectivity index (χ0) is 25.9. The Bertz CT molecular complexity index is 1320. The quantitative estimate of drug-likeness (QED) is 0.124. The summed E-state index contributed by atoms with van der Waals surface area (Å²) in [6.45, 7) is 2.45. The fourth-order valence-corrected chi connectivity index (χ4v) is 3.77. The molecule has 0 aliphatic carbocycles. The number of rotatable bonds is 13. The smallest absolute Gasteiger partial charge is 0.303 e. The van der Waals surface area contributed by atoms with Crippen molar-refractivity contribution in [2.45, 2.75) is 45.8 Å². The first-order valence-corrected chi connectivity index (χ1v) is 12.3. The van der Waals surface area contributed by atoms with Gasteiger partial charge in [-0.2, -0.15) is 0 Å². The zero-order valence-corrected chi connectivity index (χ0v) is 20.8. The molecule has 1 N–H and O–H groups in total. The number of ether oxygens (including phenoxy) is 1. The number of hydrogen-bond acceptors (Lipinski definition) is 6. The van der Waals surface area contributed by atoms with Crippen molar-refractivity contribution in [3.63, 3.8) is 0 Å². The maximum atomic E-state index is 10.8. The van der Waals surface area contributed by atoms with Crippen molar-refractivity contribution in [2.24, 2.45) is 5.16 Å². The van der Waals surface area contributed by atoms with E-state index in [2.05, 4.69) is 10.1 Å². The highest BCUT2D eigenvalue weighted by Gasteiger charge is 2.12. The summed E-state index contributed by atoms with van der Waals surface area (Å²) in [7, 11) is 0. The molecule has 0 spiro atoms. The number of nitrogens with zero attached hydrogens (tertiary/aromatic N) is 2. The van der Waals surface area contributed by atoms with Gasteiger partial charge in [0.25, 0.3) is 0 Å². The summed E-state index contributed by atoms with van der Waals surface area (Å²) in [4.78, 5) is 21.1. The molecular formula is C30H30N2O5. The van der Waals surface area contributed by atoms with E-state index in [1.54, 1.807) is 0 Å². The van der Waals surface area contributed by atoms with Crippen LogP contribution >= 0.6 is 0 Å². The second-order valence-corrected chi connectivity index (χ2v) is 8.60. The van der Waals surface area contributed by atoms with Crippen LogP contribution in [-0.4, -0.2) is 21.8 Å². The van der Waals surface area contributed by atoms with E-state index in [9.17, 15) is 4.79 Å². The van der Waals surface area contributed by atoms with Crippen LogP contribution in [0.5, 0.6) is 5.75 Å². The maximum absolute atomic E-state index is 10.8. The van der Waals surface area contributed by atoms with Crippen molar-refractivity contribution >= 4 is 11.7 Å². The predicted octanol–water partition coefficient (Wildman–Crippen LogP) is 6.79. The SMILES string of the molecule is Cc1oc(-c2ccccc2)nc1COc1cccc(CO/N=C(/CCCCC(=O)O)c2ccccc2)c1. The molecule has 7 nitrogen and oxygen atoms in total. The Labute approximate surface area is 216 Å². The highest BCUT2D eigenvalue weighted by Crippen LogP contribution is 2.23. The Kier molecular flexibility index (Phi) is 9.07. The molecule has 0 atom stereocenters. The Morgan fingerprint density at radius 2 is 1.65 bits per heavy atom. The topological polar surface area (TPSA) is 94.2 Å². The van der Waals surface area contributed by atoms with Crippen molar-refractivity contribution in [1.29, 1.82) is 0 Å². The summed E-state index contributed by atoms with van der Waals surface area (Å²) in [5, 5.41) is 13.3. The summed E-state index contributed by atoms with van der Waals surface area (Å²) < 4.78 is 11.8. The van der Waals surface area contributed by atoms with Gasteiger partial charge < -0.3 is 19.1 Å². The first kappa shape index (κ1) is 25.7. The molecule has 1 heterocycles. The van der Waals surface area contributed by atoms with Crippen LogP contribution in [0.2, 0.25) is 0 Å². The monoisotopic (exact) mass is 498 g/mol. The number of hydrogen-bond donors (Lipinski definition) is 1. The molecule has 0 saturated heterocycles. The summed E-state index contributed by atoms with van der Waals surface area (Å²) in [5.41, 5.74) is 4.36. The van der Waals surface area contributed by atoms with Crippen LogP contribution in [0, 0.1) is 6.92 Å². The number of oxazole rings is 1. The minimum Gasteiger partial charge on any atom is -0.487 e. The molecular weight excluding hydrogens is 468 g/mol. The molecule has 190 valence electrons. The van der Waals surface area contributed by atoms with Crippen LogP contribution in [-0.2, 0) is 22.8 Å². The molecule has 4 aromatic rings. The third-order valence-corrected chi connectivity index (χ3v) is 5.75. The summed E-state index contributed by atoms with van der Waals surface area (Å²) in [6, 6.07) is 27.2. The molecule has 0 unspecified atom stereocenters. The van der Waals surface area contributed by atoms with Crippen molar-refractivity contribution < 1.29 is 23.9 Å². The maximum Gasteiger partial charge on any atom is 0.303 e. The van der Waals surface area contributed by atoms with Gasteiger partial charge in [-0.05, 0) is 61.6 Å². The number of carbonyl (C=O) groups is 1. The minimum absolute atomic E-state index is 0.150. The molecule has 0 amide bonds. The van der Waals surface area contributed by atoms with Crippen molar-refractivity contribution in [1.82, 2.24) is 4.98 Å². The van der Waals surface area contributed by atoms with Gasteiger partial charge in [-0.15, -0.1) is 0 Å². The molecule has 0 aliphatic heterocycles. The van der Waals surface area contributed by atoms with Gasteiger partial charge in [-0.1, -0.05) is 65.8 Å². The van der Waals surface area contributed by atoms with Gasteiger partial charge in [0.2, 0.25) is 5.89 Å². The van der Waals surface area contributed by atoms with E-state index < -0.39 is 5.97 Å². The van der Waals surface area contributed by atoms with Crippen LogP contribution in [0.15, 0.2) is 94.5 Å². The molecule has 0 bridgehead atoms. The number of carboxylic acids is 1. The highest BCUT2D eigenvalue weighted by atomic mass is 16.6.